The standard InChI is InChI=1S/C14H13F3N2O2/c1-20-11-5-3-4-10(14(11)21-2)19-18-9-7-6-8(15)12(16)13(9)17/h3-7,18-19H,1-2H3. The second kappa shape index (κ2) is 6.25. The summed E-state index contributed by atoms with van der Waals surface area (Å²) >= 11 is 0. The van der Waals surface area contributed by atoms with Gasteiger partial charge in [-0.3, -0.25) is 10.9 Å². The minimum absolute atomic E-state index is 0.237. The number of hydrogen-bond donors (Lipinski definition) is 2. The fourth-order valence-corrected chi connectivity index (χ4v) is 1.74. The molecule has 0 atom stereocenters. The maximum Gasteiger partial charge on any atom is 0.196 e. The van der Waals surface area contributed by atoms with E-state index in [4.69, 9.17) is 9.47 Å². The Morgan fingerprint density at radius 1 is 0.810 bits per heavy atom. The molecule has 0 heterocycles. The van der Waals surface area contributed by atoms with Gasteiger partial charge in [0.25, 0.3) is 0 Å². The number of methoxy groups -OCH3 is 2. The first kappa shape index (κ1) is 14.8. The van der Waals surface area contributed by atoms with Gasteiger partial charge in [0, 0.05) is 0 Å². The van der Waals surface area contributed by atoms with Gasteiger partial charge in [-0.1, -0.05) is 6.07 Å². The third-order valence-electron chi connectivity index (χ3n) is 2.77. The molecule has 0 bridgehead atoms. The van der Waals surface area contributed by atoms with Crippen LogP contribution < -0.4 is 20.3 Å². The van der Waals surface area contributed by atoms with Gasteiger partial charge in [-0.05, 0) is 24.3 Å². The van der Waals surface area contributed by atoms with Gasteiger partial charge >= 0.3 is 0 Å². The van der Waals surface area contributed by atoms with Gasteiger partial charge in [0.05, 0.1) is 25.6 Å². The molecule has 0 aliphatic rings. The van der Waals surface area contributed by atoms with Crippen LogP contribution in [0, 0.1) is 17.5 Å². The van der Waals surface area contributed by atoms with Crippen LogP contribution in [0.3, 0.4) is 0 Å². The second-order valence-electron chi connectivity index (χ2n) is 4.01. The monoisotopic (exact) mass is 298 g/mol. The van der Waals surface area contributed by atoms with Crippen LogP contribution in [0.2, 0.25) is 0 Å². The molecule has 2 aromatic carbocycles. The van der Waals surface area contributed by atoms with E-state index in [1.54, 1.807) is 18.2 Å². The van der Waals surface area contributed by atoms with Crippen LogP contribution in [-0.4, -0.2) is 14.2 Å². The molecule has 0 aliphatic carbocycles. The lowest BCUT2D eigenvalue weighted by Gasteiger charge is -2.15. The molecular weight excluding hydrogens is 285 g/mol. The van der Waals surface area contributed by atoms with E-state index < -0.39 is 17.5 Å². The molecule has 0 spiro atoms. The highest BCUT2D eigenvalue weighted by molar-refractivity contribution is 5.65. The maximum absolute atomic E-state index is 13.5. The van der Waals surface area contributed by atoms with E-state index in [0.717, 1.165) is 12.1 Å². The van der Waals surface area contributed by atoms with Crippen molar-refractivity contribution in [3.63, 3.8) is 0 Å². The van der Waals surface area contributed by atoms with Crippen LogP contribution in [0.1, 0.15) is 0 Å². The maximum atomic E-state index is 13.5. The van der Waals surface area contributed by atoms with Gasteiger partial charge in [-0.15, -0.1) is 0 Å². The molecule has 0 amide bonds. The molecule has 2 rings (SSSR count). The zero-order valence-corrected chi connectivity index (χ0v) is 11.3. The lowest BCUT2D eigenvalue weighted by atomic mass is 10.2. The van der Waals surface area contributed by atoms with Crippen molar-refractivity contribution in [3.8, 4) is 11.5 Å². The topological polar surface area (TPSA) is 42.5 Å². The molecule has 112 valence electrons. The van der Waals surface area contributed by atoms with Crippen molar-refractivity contribution in [2.45, 2.75) is 0 Å². The predicted molar refractivity (Wildman–Crippen MR) is 73.1 cm³/mol. The summed E-state index contributed by atoms with van der Waals surface area (Å²) in [6, 6.07) is 6.92. The number of hydrogen-bond acceptors (Lipinski definition) is 4. The number of benzene rings is 2. The molecule has 0 saturated heterocycles. The highest BCUT2D eigenvalue weighted by Crippen LogP contribution is 2.34. The van der Waals surface area contributed by atoms with Crippen molar-refractivity contribution in [1.29, 1.82) is 0 Å². The second-order valence-corrected chi connectivity index (χ2v) is 4.01. The van der Waals surface area contributed by atoms with Crippen molar-refractivity contribution in [2.24, 2.45) is 0 Å². The zero-order valence-electron chi connectivity index (χ0n) is 11.3. The van der Waals surface area contributed by atoms with Crippen molar-refractivity contribution in [1.82, 2.24) is 0 Å². The molecule has 0 aromatic heterocycles. The average Bonchev–Trinajstić information content (AvgIpc) is 2.51. The van der Waals surface area contributed by atoms with E-state index in [1.807, 2.05) is 0 Å². The summed E-state index contributed by atoms with van der Waals surface area (Å²) < 4.78 is 49.8. The first-order valence-electron chi connectivity index (χ1n) is 5.95. The van der Waals surface area contributed by atoms with E-state index in [-0.39, 0.29) is 5.69 Å². The lowest BCUT2D eigenvalue weighted by Crippen LogP contribution is -2.12. The van der Waals surface area contributed by atoms with E-state index in [2.05, 4.69) is 10.9 Å². The van der Waals surface area contributed by atoms with Crippen LogP contribution in [0.4, 0.5) is 24.5 Å². The summed E-state index contributed by atoms with van der Waals surface area (Å²) in [7, 11) is 2.92. The smallest absolute Gasteiger partial charge is 0.196 e. The molecule has 0 fully saturated rings. The third-order valence-corrected chi connectivity index (χ3v) is 2.77. The zero-order chi connectivity index (χ0) is 15.4. The first-order chi connectivity index (χ1) is 10.1. The summed E-state index contributed by atoms with van der Waals surface area (Å²) in [5.74, 6) is -3.26. The van der Waals surface area contributed by atoms with Gasteiger partial charge in [0.2, 0.25) is 0 Å². The number of nitrogens with one attached hydrogen (secondary N) is 2. The summed E-state index contributed by atoms with van der Waals surface area (Å²) in [5, 5.41) is 0. The van der Waals surface area contributed by atoms with Crippen molar-refractivity contribution in [3.05, 3.63) is 47.8 Å². The molecule has 0 saturated carbocycles. The lowest BCUT2D eigenvalue weighted by molar-refractivity contribution is 0.356. The Morgan fingerprint density at radius 3 is 2.19 bits per heavy atom. The van der Waals surface area contributed by atoms with Crippen molar-refractivity contribution in [2.75, 3.05) is 25.1 Å². The molecule has 0 unspecified atom stereocenters. The van der Waals surface area contributed by atoms with Crippen LogP contribution in [0.15, 0.2) is 30.3 Å². The Morgan fingerprint density at radius 2 is 1.52 bits per heavy atom. The molecule has 21 heavy (non-hydrogen) atoms. The minimum Gasteiger partial charge on any atom is -0.493 e. The van der Waals surface area contributed by atoms with Crippen molar-refractivity contribution < 1.29 is 22.6 Å². The summed E-state index contributed by atoms with van der Waals surface area (Å²) in [4.78, 5) is 0. The van der Waals surface area contributed by atoms with Crippen LogP contribution in [0.25, 0.3) is 0 Å². The van der Waals surface area contributed by atoms with Crippen LogP contribution in [0.5, 0.6) is 11.5 Å². The van der Waals surface area contributed by atoms with E-state index >= 15 is 0 Å². The SMILES string of the molecule is COc1cccc(NNc2ccc(F)c(F)c2F)c1OC. The highest BCUT2D eigenvalue weighted by Gasteiger charge is 2.14. The molecule has 7 heteroatoms. The van der Waals surface area contributed by atoms with Crippen LogP contribution in [-0.2, 0) is 0 Å². The quantitative estimate of drug-likeness (QED) is 0.654. The molecule has 0 aliphatic heterocycles. The van der Waals surface area contributed by atoms with Crippen LogP contribution >= 0.6 is 0 Å². The Balaban J connectivity index is 2.23. The Hall–Kier alpha value is -2.57. The van der Waals surface area contributed by atoms with Crippen molar-refractivity contribution >= 4 is 11.4 Å². The molecule has 2 aromatic rings. The van der Waals surface area contributed by atoms with Gasteiger partial charge in [-0.25, -0.2) is 13.2 Å². The van der Waals surface area contributed by atoms with Gasteiger partial charge in [0.15, 0.2) is 29.0 Å². The Bertz CT molecular complexity index is 650. The largest absolute Gasteiger partial charge is 0.493 e. The number of rotatable bonds is 5. The summed E-state index contributed by atoms with van der Waals surface area (Å²) in [5.41, 5.74) is 5.32. The number of anilines is 2. The van der Waals surface area contributed by atoms with Gasteiger partial charge in [0.1, 0.15) is 0 Å². The summed E-state index contributed by atoms with van der Waals surface area (Å²) in [6.45, 7) is 0. The number of ether oxygens (including phenoxy) is 2. The number of para-hydroxylation sites is 1. The Kier molecular flexibility index (Phi) is 4.42. The summed E-state index contributed by atoms with van der Waals surface area (Å²) in [6.07, 6.45) is 0. The Labute approximate surface area is 119 Å². The van der Waals surface area contributed by atoms with Gasteiger partial charge in [-0.2, -0.15) is 0 Å². The predicted octanol–water partition coefficient (Wildman–Crippen LogP) is 3.56. The fraction of sp³-hybridized carbons (Fsp3) is 0.143. The first-order valence-corrected chi connectivity index (χ1v) is 5.95. The third kappa shape index (κ3) is 2.96. The normalized spacial score (nSPS) is 10.1. The molecule has 0 radical (unpaired) electrons. The fourth-order valence-electron chi connectivity index (χ4n) is 1.74. The highest BCUT2D eigenvalue weighted by atomic mass is 19.2. The molecule has 4 nitrogen and oxygen atoms in total. The number of halogens is 3. The van der Waals surface area contributed by atoms with E-state index in [0.29, 0.717) is 17.2 Å². The van der Waals surface area contributed by atoms with E-state index in [9.17, 15) is 13.2 Å². The molecular formula is C14H13F3N2O2. The number of hydrazine groups is 1. The molecule has 2 N–H and O–H groups in total. The minimum atomic E-state index is -1.54. The average molecular weight is 298 g/mol. The van der Waals surface area contributed by atoms with Gasteiger partial charge < -0.3 is 9.47 Å². The van der Waals surface area contributed by atoms with E-state index in [1.165, 1.54) is 14.2 Å².